The van der Waals surface area contributed by atoms with E-state index in [2.05, 4.69) is 10.4 Å². The Balaban J connectivity index is 2.15. The first-order chi connectivity index (χ1) is 9.27. The highest BCUT2D eigenvalue weighted by molar-refractivity contribution is 6.31. The summed E-state index contributed by atoms with van der Waals surface area (Å²) in [6.07, 6.45) is 0.883. The molecular weight excluding hydrogens is 270 g/mol. The summed E-state index contributed by atoms with van der Waals surface area (Å²) in [6.45, 7) is 2.74. The number of hydrazine groups is 1. The molecule has 0 aliphatic carbocycles. The van der Waals surface area contributed by atoms with Crippen molar-refractivity contribution in [2.24, 2.45) is 5.84 Å². The summed E-state index contributed by atoms with van der Waals surface area (Å²) < 4.78 is 15.7. The van der Waals surface area contributed by atoms with Gasteiger partial charge in [0.05, 0.1) is 30.5 Å². The van der Waals surface area contributed by atoms with E-state index in [1.54, 1.807) is 19.2 Å². The number of nitrogens with zero attached hydrogens (tertiary/aromatic N) is 1. The van der Waals surface area contributed by atoms with Crippen molar-refractivity contribution in [2.45, 2.75) is 13.0 Å². The SMILES string of the molecule is COCCCOCCOCc1nc(NN)ccc1Cl. The van der Waals surface area contributed by atoms with Crippen LogP contribution in [0.3, 0.4) is 0 Å². The van der Waals surface area contributed by atoms with E-state index in [9.17, 15) is 0 Å². The lowest BCUT2D eigenvalue weighted by Crippen LogP contribution is -2.11. The molecule has 0 spiro atoms. The maximum Gasteiger partial charge on any atom is 0.140 e. The molecule has 19 heavy (non-hydrogen) atoms. The fourth-order valence-corrected chi connectivity index (χ4v) is 1.52. The van der Waals surface area contributed by atoms with E-state index in [1.807, 2.05) is 0 Å². The number of pyridine rings is 1. The molecule has 0 aliphatic heterocycles. The van der Waals surface area contributed by atoms with Gasteiger partial charge in [-0.05, 0) is 18.6 Å². The second kappa shape index (κ2) is 9.94. The van der Waals surface area contributed by atoms with Gasteiger partial charge in [-0.15, -0.1) is 0 Å². The third kappa shape index (κ3) is 6.70. The molecule has 0 aliphatic rings. The van der Waals surface area contributed by atoms with Crippen LogP contribution in [-0.4, -0.2) is 38.5 Å². The van der Waals surface area contributed by atoms with E-state index in [1.165, 1.54) is 0 Å². The van der Waals surface area contributed by atoms with Crippen LogP contribution < -0.4 is 11.3 Å². The highest BCUT2D eigenvalue weighted by Crippen LogP contribution is 2.16. The Labute approximate surface area is 118 Å². The van der Waals surface area contributed by atoms with Crippen LogP contribution in [-0.2, 0) is 20.8 Å². The lowest BCUT2D eigenvalue weighted by atomic mass is 10.3. The monoisotopic (exact) mass is 289 g/mol. The Bertz CT molecular complexity index is 366. The first-order valence-electron chi connectivity index (χ1n) is 6.04. The highest BCUT2D eigenvalue weighted by atomic mass is 35.5. The molecule has 0 amide bonds. The van der Waals surface area contributed by atoms with E-state index < -0.39 is 0 Å². The van der Waals surface area contributed by atoms with E-state index in [0.29, 0.717) is 49.6 Å². The van der Waals surface area contributed by atoms with E-state index in [4.69, 9.17) is 31.7 Å². The molecule has 0 saturated heterocycles. The van der Waals surface area contributed by atoms with E-state index >= 15 is 0 Å². The van der Waals surface area contributed by atoms with Crippen molar-refractivity contribution in [2.75, 3.05) is 39.0 Å². The average molecular weight is 290 g/mol. The van der Waals surface area contributed by atoms with E-state index in [-0.39, 0.29) is 0 Å². The quantitative estimate of drug-likeness (QED) is 0.387. The molecule has 1 aromatic rings. The zero-order valence-corrected chi connectivity index (χ0v) is 11.8. The molecule has 1 heterocycles. The molecule has 1 aromatic heterocycles. The standard InChI is InChI=1S/C12H20ClN3O3/c1-17-5-2-6-18-7-8-19-9-11-10(13)3-4-12(15-11)16-14/h3-4H,2,5-9,14H2,1H3,(H,15,16). The van der Waals surface area contributed by atoms with Gasteiger partial charge in [0.15, 0.2) is 0 Å². The summed E-state index contributed by atoms with van der Waals surface area (Å²) in [7, 11) is 1.67. The number of aromatic nitrogens is 1. The average Bonchev–Trinajstić information content (AvgIpc) is 2.43. The van der Waals surface area contributed by atoms with Crippen molar-refractivity contribution in [3.05, 3.63) is 22.8 Å². The zero-order chi connectivity index (χ0) is 13.9. The molecule has 0 unspecified atom stereocenters. The van der Waals surface area contributed by atoms with Crippen molar-refractivity contribution >= 4 is 17.4 Å². The van der Waals surface area contributed by atoms with Gasteiger partial charge < -0.3 is 19.6 Å². The zero-order valence-electron chi connectivity index (χ0n) is 11.0. The third-order valence-electron chi connectivity index (χ3n) is 2.31. The molecule has 1 rings (SSSR count). The molecule has 7 heteroatoms. The Morgan fingerprint density at radius 3 is 2.74 bits per heavy atom. The highest BCUT2D eigenvalue weighted by Gasteiger charge is 2.03. The molecule has 0 saturated carbocycles. The van der Waals surface area contributed by atoms with Gasteiger partial charge in [-0.3, -0.25) is 0 Å². The maximum atomic E-state index is 5.99. The fraction of sp³-hybridized carbons (Fsp3) is 0.583. The summed E-state index contributed by atoms with van der Waals surface area (Å²) in [5.74, 6) is 5.83. The normalized spacial score (nSPS) is 10.7. The van der Waals surface area contributed by atoms with Gasteiger partial charge in [-0.1, -0.05) is 11.6 Å². The molecule has 0 atom stereocenters. The number of anilines is 1. The smallest absolute Gasteiger partial charge is 0.140 e. The van der Waals surface area contributed by atoms with Crippen LogP contribution in [0.15, 0.2) is 12.1 Å². The van der Waals surface area contributed by atoms with Crippen molar-refractivity contribution in [3.8, 4) is 0 Å². The Kier molecular flexibility index (Phi) is 8.44. The molecule has 3 N–H and O–H groups in total. The van der Waals surface area contributed by atoms with Gasteiger partial charge in [0.2, 0.25) is 0 Å². The minimum Gasteiger partial charge on any atom is -0.385 e. The molecular formula is C12H20ClN3O3. The molecule has 0 fully saturated rings. The van der Waals surface area contributed by atoms with Crippen LogP contribution in [0.25, 0.3) is 0 Å². The minimum atomic E-state index is 0.329. The second-order valence-electron chi connectivity index (χ2n) is 3.78. The number of nitrogens with two attached hydrogens (primary N) is 1. The number of methoxy groups -OCH3 is 1. The van der Waals surface area contributed by atoms with Gasteiger partial charge in [0, 0.05) is 20.3 Å². The number of ether oxygens (including phenoxy) is 3. The summed E-state index contributed by atoms with van der Waals surface area (Å²) in [5.41, 5.74) is 3.11. The second-order valence-corrected chi connectivity index (χ2v) is 4.19. The summed E-state index contributed by atoms with van der Waals surface area (Å²) in [6, 6.07) is 3.43. The largest absolute Gasteiger partial charge is 0.385 e. The third-order valence-corrected chi connectivity index (χ3v) is 2.66. The van der Waals surface area contributed by atoms with Gasteiger partial charge in [-0.2, -0.15) is 0 Å². The van der Waals surface area contributed by atoms with Gasteiger partial charge in [-0.25, -0.2) is 10.8 Å². The maximum absolute atomic E-state index is 5.99. The molecule has 0 aromatic carbocycles. The number of hydrogen-bond acceptors (Lipinski definition) is 6. The number of nitrogens with one attached hydrogen (secondary N) is 1. The van der Waals surface area contributed by atoms with Crippen LogP contribution in [0.4, 0.5) is 5.82 Å². The summed E-state index contributed by atoms with van der Waals surface area (Å²) >= 11 is 5.99. The van der Waals surface area contributed by atoms with Gasteiger partial charge in [0.1, 0.15) is 5.82 Å². The number of hydrogen-bond donors (Lipinski definition) is 2. The van der Waals surface area contributed by atoms with Crippen LogP contribution in [0.5, 0.6) is 0 Å². The number of halogens is 1. The number of rotatable bonds is 10. The summed E-state index contributed by atoms with van der Waals surface area (Å²) in [5, 5.41) is 0.556. The predicted molar refractivity (Wildman–Crippen MR) is 74.0 cm³/mol. The van der Waals surface area contributed by atoms with Crippen LogP contribution in [0.1, 0.15) is 12.1 Å². The van der Waals surface area contributed by atoms with Gasteiger partial charge in [0.25, 0.3) is 0 Å². The lowest BCUT2D eigenvalue weighted by molar-refractivity contribution is 0.0328. The topological polar surface area (TPSA) is 78.6 Å². The van der Waals surface area contributed by atoms with Crippen molar-refractivity contribution in [3.63, 3.8) is 0 Å². The Morgan fingerprint density at radius 2 is 2.00 bits per heavy atom. The van der Waals surface area contributed by atoms with Crippen molar-refractivity contribution < 1.29 is 14.2 Å². The molecule has 6 nitrogen and oxygen atoms in total. The number of nitrogen functional groups attached to an aromatic ring is 1. The first-order valence-corrected chi connectivity index (χ1v) is 6.42. The van der Waals surface area contributed by atoms with E-state index in [0.717, 1.165) is 6.42 Å². The van der Waals surface area contributed by atoms with Crippen LogP contribution >= 0.6 is 11.6 Å². The van der Waals surface area contributed by atoms with Crippen molar-refractivity contribution in [1.82, 2.24) is 4.98 Å². The first kappa shape index (κ1) is 16.1. The predicted octanol–water partition coefficient (Wildman–Crippen LogP) is 1.59. The van der Waals surface area contributed by atoms with Gasteiger partial charge >= 0.3 is 0 Å². The summed E-state index contributed by atoms with van der Waals surface area (Å²) in [4.78, 5) is 4.20. The molecule has 0 bridgehead atoms. The van der Waals surface area contributed by atoms with Crippen LogP contribution in [0, 0.1) is 0 Å². The lowest BCUT2D eigenvalue weighted by Gasteiger charge is -2.08. The Morgan fingerprint density at radius 1 is 1.21 bits per heavy atom. The minimum absolute atomic E-state index is 0.329. The molecule has 0 radical (unpaired) electrons. The Hall–Kier alpha value is -0.920. The van der Waals surface area contributed by atoms with Crippen LogP contribution in [0.2, 0.25) is 5.02 Å². The molecule has 108 valence electrons. The fourth-order valence-electron chi connectivity index (χ4n) is 1.36. The van der Waals surface area contributed by atoms with Crippen molar-refractivity contribution in [1.29, 1.82) is 0 Å².